The largest absolute Gasteiger partial charge is 0.494 e. The number of nitrogens with one attached hydrogen (secondary N) is 2. The summed E-state index contributed by atoms with van der Waals surface area (Å²) >= 11 is 0. The Hall–Kier alpha value is -3.59. The Morgan fingerprint density at radius 1 is 1.07 bits per heavy atom. The average Bonchev–Trinajstić information content (AvgIpc) is 2.72. The van der Waals surface area contributed by atoms with Crippen molar-refractivity contribution in [2.75, 3.05) is 11.6 Å². The minimum Gasteiger partial charge on any atom is -0.370 e. The molecule has 28 heavy (non-hydrogen) atoms. The minimum atomic E-state index is -2.01. The summed E-state index contributed by atoms with van der Waals surface area (Å²) in [7, 11) is 0. The number of hydrogen-bond donors (Lipinski definition) is 4. The van der Waals surface area contributed by atoms with Gasteiger partial charge in [0.1, 0.15) is 10.6 Å². The van der Waals surface area contributed by atoms with Gasteiger partial charge in [-0.15, -0.1) is 0 Å². The molecule has 0 aliphatic carbocycles. The van der Waals surface area contributed by atoms with E-state index in [1.165, 1.54) is 12.1 Å². The van der Waals surface area contributed by atoms with E-state index in [0.29, 0.717) is 5.01 Å². The van der Waals surface area contributed by atoms with E-state index < -0.39 is 17.2 Å². The molecule has 0 spiro atoms. The molecule has 1 unspecified atom stereocenters. The Morgan fingerprint density at radius 2 is 1.64 bits per heavy atom. The Labute approximate surface area is 162 Å². The van der Waals surface area contributed by atoms with Crippen LogP contribution >= 0.6 is 0 Å². The summed E-state index contributed by atoms with van der Waals surface area (Å²) < 4.78 is 0. The molecular formula is C19H22N6O3+. The fraction of sp³-hybridized carbons (Fsp3) is 0.211. The number of nitrogens with zero attached hydrogens (tertiary/aromatic N) is 2. The predicted molar refractivity (Wildman–Crippen MR) is 106 cm³/mol. The van der Waals surface area contributed by atoms with Crippen molar-refractivity contribution in [3.63, 3.8) is 0 Å². The highest BCUT2D eigenvalue weighted by Crippen LogP contribution is 2.23. The second-order valence-electron chi connectivity index (χ2n) is 6.14. The van der Waals surface area contributed by atoms with E-state index in [0.717, 1.165) is 0 Å². The zero-order chi connectivity index (χ0) is 20.6. The number of para-hydroxylation sites is 1. The molecule has 0 saturated carbocycles. The molecule has 2 aromatic carbocycles. The number of carbonyl (C=O) groups excluding carboxylic acids is 2. The summed E-state index contributed by atoms with van der Waals surface area (Å²) in [5.74, 6) is -1.78. The molecule has 9 nitrogen and oxygen atoms in total. The lowest BCUT2D eigenvalue weighted by atomic mass is 9.84. The lowest BCUT2D eigenvalue weighted by molar-refractivity contribution is -0.122. The normalized spacial score (nSPS) is 12.5. The van der Waals surface area contributed by atoms with Crippen LogP contribution in [0.4, 0.5) is 5.69 Å². The van der Waals surface area contributed by atoms with Crippen LogP contribution in [-0.4, -0.2) is 29.7 Å². The van der Waals surface area contributed by atoms with Gasteiger partial charge >= 0.3 is 11.2 Å². The fourth-order valence-corrected chi connectivity index (χ4v) is 2.71. The zero-order valence-electron chi connectivity index (χ0n) is 15.2. The standard InChI is InChI=1S/C19H22N6O3/c20-18(21)23-13-7-12-19(22,16(26)14-8-3-1-4-9-14)17(27)25(24-28)15-10-5-2-6-11-15/h1-6,8-11H,7,12-13,22H2,(H4,20,21,23)/q+1. The van der Waals surface area contributed by atoms with E-state index in [-0.39, 0.29) is 36.6 Å². The van der Waals surface area contributed by atoms with Crippen molar-refractivity contribution in [2.24, 2.45) is 11.5 Å². The zero-order valence-corrected chi connectivity index (χ0v) is 15.2. The van der Waals surface area contributed by atoms with Crippen molar-refractivity contribution >= 4 is 23.3 Å². The number of nitrogens with two attached hydrogens (primary N) is 2. The van der Waals surface area contributed by atoms with E-state index in [2.05, 4.69) is 10.6 Å². The third kappa shape index (κ3) is 4.77. The number of carbonyl (C=O) groups is 2. The van der Waals surface area contributed by atoms with Gasteiger partial charge in [0.25, 0.3) is 0 Å². The van der Waals surface area contributed by atoms with Crippen molar-refractivity contribution in [3.05, 3.63) is 71.1 Å². The van der Waals surface area contributed by atoms with E-state index in [4.69, 9.17) is 16.9 Å². The molecule has 2 aromatic rings. The van der Waals surface area contributed by atoms with E-state index >= 15 is 0 Å². The fourth-order valence-electron chi connectivity index (χ4n) is 2.71. The van der Waals surface area contributed by atoms with Gasteiger partial charge in [-0.2, -0.15) is 0 Å². The molecule has 145 valence electrons. The number of nitroso groups, excluding NO2 is 1. The summed E-state index contributed by atoms with van der Waals surface area (Å²) in [5, 5.41) is 13.2. The molecule has 9 heteroatoms. The van der Waals surface area contributed by atoms with Crippen LogP contribution in [-0.2, 0) is 4.79 Å². The number of anilines is 1. The molecule has 0 bridgehead atoms. The molecule has 0 aliphatic rings. The minimum absolute atomic E-state index is 0.0707. The number of guanidine groups is 1. The molecule has 0 aliphatic heterocycles. The molecule has 6 N–H and O–H groups in total. The molecule has 1 radical (unpaired) electrons. The highest BCUT2D eigenvalue weighted by atomic mass is 16.3. The first-order valence-electron chi connectivity index (χ1n) is 8.59. The van der Waals surface area contributed by atoms with Crippen LogP contribution in [0.1, 0.15) is 23.2 Å². The molecule has 1 amide bonds. The highest BCUT2D eigenvalue weighted by molar-refractivity contribution is 6.21. The maximum atomic E-state index is 13.1. The van der Waals surface area contributed by atoms with Crippen LogP contribution in [0.25, 0.3) is 0 Å². The van der Waals surface area contributed by atoms with Crippen molar-refractivity contribution in [1.82, 2.24) is 10.6 Å². The van der Waals surface area contributed by atoms with Gasteiger partial charge in [0.15, 0.2) is 17.3 Å². The van der Waals surface area contributed by atoms with Gasteiger partial charge in [-0.3, -0.25) is 15.0 Å². The van der Waals surface area contributed by atoms with Crippen molar-refractivity contribution in [2.45, 2.75) is 18.4 Å². The quantitative estimate of drug-likeness (QED) is 0.126. The second kappa shape index (κ2) is 9.38. The summed E-state index contributed by atoms with van der Waals surface area (Å²) in [5.41, 5.74) is 9.98. The van der Waals surface area contributed by atoms with E-state index in [9.17, 15) is 14.5 Å². The van der Waals surface area contributed by atoms with Gasteiger partial charge in [0, 0.05) is 17.1 Å². The average molecular weight is 382 g/mol. The number of rotatable bonds is 9. The van der Waals surface area contributed by atoms with Crippen LogP contribution in [0.15, 0.2) is 60.7 Å². The SMILES string of the molecule is N=C(N)NCCCC(N)(C(=O)c1ccccc1)C(=O)N([N+]=O)c1ccccc1. The van der Waals surface area contributed by atoms with Gasteiger partial charge in [-0.25, -0.2) is 0 Å². The molecule has 0 fully saturated rings. The molecule has 0 aromatic heterocycles. The van der Waals surface area contributed by atoms with Crippen molar-refractivity contribution in [1.29, 1.82) is 5.41 Å². The van der Waals surface area contributed by atoms with E-state index in [1.54, 1.807) is 48.5 Å². The topological polar surface area (TPSA) is 156 Å². The number of hydrogen-bond acceptors (Lipinski definition) is 6. The Balaban J connectivity index is 2.35. The third-order valence-corrected chi connectivity index (χ3v) is 4.16. The first-order valence-corrected chi connectivity index (χ1v) is 8.59. The third-order valence-electron chi connectivity index (χ3n) is 4.16. The summed E-state index contributed by atoms with van der Waals surface area (Å²) in [6.45, 7) is 0.240. The Morgan fingerprint density at radius 3 is 2.18 bits per heavy atom. The smallest absolute Gasteiger partial charge is 0.370 e. The molecule has 0 saturated heterocycles. The van der Waals surface area contributed by atoms with Gasteiger partial charge in [0.2, 0.25) is 0 Å². The maximum absolute atomic E-state index is 13.1. The second-order valence-corrected chi connectivity index (χ2v) is 6.14. The van der Waals surface area contributed by atoms with Gasteiger partial charge < -0.3 is 16.8 Å². The lowest BCUT2D eigenvalue weighted by Crippen LogP contribution is -2.61. The van der Waals surface area contributed by atoms with Crippen LogP contribution in [0.3, 0.4) is 0 Å². The molecule has 2 rings (SSSR count). The van der Waals surface area contributed by atoms with Crippen LogP contribution in [0, 0.1) is 10.3 Å². The first-order chi connectivity index (χ1) is 13.4. The number of Topliss-reactive ketones (excluding diaryl/α,β-unsaturated/α-hetero) is 1. The van der Waals surface area contributed by atoms with Crippen molar-refractivity contribution < 1.29 is 9.59 Å². The van der Waals surface area contributed by atoms with Gasteiger partial charge in [0.05, 0.1) is 0 Å². The van der Waals surface area contributed by atoms with Crippen LogP contribution < -0.4 is 27.1 Å². The Bertz CT molecular complexity index is 843. The highest BCUT2D eigenvalue weighted by Gasteiger charge is 2.49. The lowest BCUT2D eigenvalue weighted by Gasteiger charge is -2.26. The molecule has 1 atom stereocenters. The summed E-state index contributed by atoms with van der Waals surface area (Å²) in [6, 6.07) is 16.2. The number of ketones is 1. The van der Waals surface area contributed by atoms with Gasteiger partial charge in [-0.1, -0.05) is 48.5 Å². The van der Waals surface area contributed by atoms with Crippen LogP contribution in [0.5, 0.6) is 0 Å². The monoisotopic (exact) mass is 382 g/mol. The summed E-state index contributed by atoms with van der Waals surface area (Å²) in [4.78, 5) is 37.6. The Kier molecular flexibility index (Phi) is 6.94. The summed E-state index contributed by atoms with van der Waals surface area (Å²) in [6.07, 6.45) is 0.195. The number of amides is 1. The molecular weight excluding hydrogens is 360 g/mol. The number of benzene rings is 2. The maximum Gasteiger partial charge on any atom is 0.494 e. The molecule has 0 heterocycles. The predicted octanol–water partition coefficient (Wildman–Crippen LogP) is 0.880. The van der Waals surface area contributed by atoms with E-state index in [1.807, 2.05) is 0 Å². The van der Waals surface area contributed by atoms with Crippen molar-refractivity contribution in [3.8, 4) is 0 Å². The van der Waals surface area contributed by atoms with Gasteiger partial charge in [-0.05, 0) is 25.0 Å². The van der Waals surface area contributed by atoms with Crippen LogP contribution in [0.2, 0.25) is 0 Å². The first kappa shape index (κ1) is 20.7.